The van der Waals surface area contributed by atoms with Crippen LogP contribution in [0, 0.1) is 83.1 Å². The minimum absolute atomic E-state index is 1.24. The first-order valence-electron chi connectivity index (χ1n) is 20.6. The highest BCUT2D eigenvalue weighted by Gasteiger charge is 2.27. The summed E-state index contributed by atoms with van der Waals surface area (Å²) in [6, 6.07) is 30.6. The van der Waals surface area contributed by atoms with E-state index in [0.717, 1.165) is 0 Å². The lowest BCUT2D eigenvalue weighted by Gasteiger charge is -2.14. The van der Waals surface area contributed by atoms with Crippen molar-refractivity contribution in [3.05, 3.63) is 146 Å². The Bertz CT molecular complexity index is 3250. The molecule has 0 fully saturated rings. The van der Waals surface area contributed by atoms with Crippen LogP contribution >= 0.6 is 0 Å². The first-order valence-corrected chi connectivity index (χ1v) is 20.6. The van der Waals surface area contributed by atoms with E-state index in [9.17, 15) is 0 Å². The number of hydrogen-bond acceptors (Lipinski definition) is 0. The van der Waals surface area contributed by atoms with Crippen molar-refractivity contribution >= 4 is 81.7 Å². The van der Waals surface area contributed by atoms with Gasteiger partial charge in [0, 0.05) is 43.1 Å². The Morgan fingerprint density at radius 2 is 0.596 bits per heavy atom. The number of aromatic nitrogens is 3. The van der Waals surface area contributed by atoms with E-state index in [1.54, 1.807) is 0 Å². The Labute approximate surface area is 334 Å². The molecule has 0 radical (unpaired) electrons. The van der Waals surface area contributed by atoms with Gasteiger partial charge in [-0.1, -0.05) is 30.3 Å². The van der Waals surface area contributed by atoms with Gasteiger partial charge in [-0.2, -0.15) is 0 Å². The summed E-state index contributed by atoms with van der Waals surface area (Å²) >= 11 is 0. The number of fused-ring (bicyclic) bond motifs is 12. The van der Waals surface area contributed by atoms with E-state index < -0.39 is 0 Å². The van der Waals surface area contributed by atoms with Crippen molar-refractivity contribution in [2.24, 2.45) is 0 Å². The van der Waals surface area contributed by atoms with Gasteiger partial charge in [0.1, 0.15) is 0 Å². The number of nitrogens with zero attached hydrogens (tertiary/aromatic N) is 3. The van der Waals surface area contributed by atoms with Crippen molar-refractivity contribution in [1.82, 2.24) is 13.5 Å². The minimum atomic E-state index is 1.24. The average molecular weight is 740 g/mol. The molecule has 0 aliphatic heterocycles. The lowest BCUT2D eigenvalue weighted by atomic mass is 9.94. The average Bonchev–Trinajstić information content (AvgIpc) is 3.92. The summed E-state index contributed by atoms with van der Waals surface area (Å²) in [7, 11) is 0. The Kier molecular flexibility index (Phi) is 6.77. The molecule has 57 heavy (non-hydrogen) atoms. The lowest BCUT2D eigenvalue weighted by molar-refractivity contribution is 1.17. The molecule has 3 heteroatoms. The summed E-state index contributed by atoms with van der Waals surface area (Å²) < 4.78 is 7.73. The van der Waals surface area contributed by atoms with Crippen LogP contribution in [-0.2, 0) is 0 Å². The molecule has 11 rings (SSSR count). The van der Waals surface area contributed by atoms with E-state index in [0.29, 0.717) is 0 Å². The normalized spacial score (nSPS) is 12.6. The highest BCUT2D eigenvalue weighted by molar-refractivity contribution is 6.27. The number of benzene rings is 7. The van der Waals surface area contributed by atoms with Crippen LogP contribution in [0.3, 0.4) is 0 Å². The van der Waals surface area contributed by atoms with Crippen molar-refractivity contribution in [3.8, 4) is 11.4 Å². The maximum Gasteiger partial charge on any atom is 0.0622 e. The zero-order chi connectivity index (χ0) is 39.7. The van der Waals surface area contributed by atoms with Crippen LogP contribution < -0.4 is 0 Å². The van der Waals surface area contributed by atoms with Crippen molar-refractivity contribution in [2.75, 3.05) is 0 Å². The zero-order valence-corrected chi connectivity index (χ0v) is 35.3. The van der Waals surface area contributed by atoms with Crippen LogP contribution in [-0.4, -0.2) is 13.5 Å². The molecule has 280 valence electrons. The zero-order valence-electron chi connectivity index (χ0n) is 35.3. The molecular formula is C54H49N3. The van der Waals surface area contributed by atoms with E-state index in [2.05, 4.69) is 175 Å². The second-order valence-electron chi connectivity index (χ2n) is 17.4. The molecule has 0 spiro atoms. The SMILES string of the molecule is Cc1cc2c(c(C)c1C)c1c(C)c(C)c(C)cc1n2-c1cccc2c1c1cccc3c4c(-n5c6cc(C)c(C)c(C)c6c6c(C)c(C)c(C)cc65)cccc4n2c13. The molecule has 0 atom stereocenters. The fourth-order valence-electron chi connectivity index (χ4n) is 10.9. The topological polar surface area (TPSA) is 14.3 Å². The molecule has 4 heterocycles. The molecule has 11 aromatic rings. The Hall–Kier alpha value is -6.06. The van der Waals surface area contributed by atoms with E-state index in [-0.39, 0.29) is 0 Å². The first-order chi connectivity index (χ1) is 27.3. The van der Waals surface area contributed by atoms with Gasteiger partial charge in [-0.15, -0.1) is 0 Å². The van der Waals surface area contributed by atoms with Gasteiger partial charge in [0.25, 0.3) is 0 Å². The Morgan fingerprint density at radius 1 is 0.298 bits per heavy atom. The molecule has 0 N–H and O–H groups in total. The monoisotopic (exact) mass is 739 g/mol. The Balaban J connectivity index is 1.30. The van der Waals surface area contributed by atoms with Crippen LogP contribution in [0.5, 0.6) is 0 Å². The highest BCUT2D eigenvalue weighted by atomic mass is 15.0. The number of hydrogen-bond donors (Lipinski definition) is 0. The summed E-state index contributed by atoms with van der Waals surface area (Å²) in [4.78, 5) is 0. The van der Waals surface area contributed by atoms with Crippen LogP contribution in [0.1, 0.15) is 66.8 Å². The number of para-hydroxylation sites is 1. The van der Waals surface area contributed by atoms with Gasteiger partial charge >= 0.3 is 0 Å². The van der Waals surface area contributed by atoms with Gasteiger partial charge in [0.15, 0.2) is 0 Å². The fraction of sp³-hybridized carbons (Fsp3) is 0.222. The third-order valence-electron chi connectivity index (χ3n) is 14.8. The van der Waals surface area contributed by atoms with Gasteiger partial charge in [-0.25, -0.2) is 0 Å². The molecule has 4 aromatic heterocycles. The minimum Gasteiger partial charge on any atom is -0.308 e. The van der Waals surface area contributed by atoms with E-state index in [1.165, 1.54) is 160 Å². The molecule has 0 aliphatic rings. The molecule has 0 bridgehead atoms. The van der Waals surface area contributed by atoms with E-state index in [1.807, 2.05) is 0 Å². The largest absolute Gasteiger partial charge is 0.308 e. The highest BCUT2D eigenvalue weighted by Crippen LogP contribution is 2.48. The van der Waals surface area contributed by atoms with Crippen LogP contribution in [0.4, 0.5) is 0 Å². The Morgan fingerprint density at radius 3 is 0.912 bits per heavy atom. The van der Waals surface area contributed by atoms with Crippen molar-refractivity contribution < 1.29 is 0 Å². The standard InChI is InChI=1S/C54H49N3/c1-26-22-44-48(34(9)30(26)5)49-35(10)31(6)27(2)23-45(49)55(44)40-18-14-20-42-52(40)38-16-13-17-39-53-41(19-15-21-43(53)57(42)54(38)39)56-46-24-28(3)32(7)36(11)50(46)51-37(12)33(8)29(4)25-47(51)56/h13-25H,1-12H3. The molecule has 0 saturated heterocycles. The second kappa shape index (κ2) is 11.3. The summed E-state index contributed by atoms with van der Waals surface area (Å²) in [5.41, 5.74) is 27.8. The molecule has 7 aromatic carbocycles. The predicted octanol–water partition coefficient (Wildman–Crippen LogP) is 14.7. The number of aryl methyl sites for hydroxylation is 8. The third kappa shape index (κ3) is 4.07. The van der Waals surface area contributed by atoms with Gasteiger partial charge in [-0.05, 0) is 198 Å². The van der Waals surface area contributed by atoms with Crippen molar-refractivity contribution in [2.45, 2.75) is 83.1 Å². The van der Waals surface area contributed by atoms with Crippen LogP contribution in [0.15, 0.2) is 78.9 Å². The molecule has 0 aliphatic carbocycles. The van der Waals surface area contributed by atoms with E-state index in [4.69, 9.17) is 0 Å². The molecular weight excluding hydrogens is 691 g/mol. The smallest absolute Gasteiger partial charge is 0.0622 e. The quantitative estimate of drug-likeness (QED) is 0.168. The maximum atomic E-state index is 2.58. The summed E-state index contributed by atoms with van der Waals surface area (Å²) in [5.74, 6) is 0. The maximum absolute atomic E-state index is 2.58. The van der Waals surface area contributed by atoms with Crippen molar-refractivity contribution in [3.63, 3.8) is 0 Å². The molecule has 3 nitrogen and oxygen atoms in total. The van der Waals surface area contributed by atoms with Gasteiger partial charge in [0.05, 0.1) is 50.0 Å². The third-order valence-corrected chi connectivity index (χ3v) is 14.8. The fourth-order valence-corrected chi connectivity index (χ4v) is 10.9. The van der Waals surface area contributed by atoms with Gasteiger partial charge in [0.2, 0.25) is 0 Å². The summed E-state index contributed by atoms with van der Waals surface area (Å²) in [6.07, 6.45) is 0. The molecule has 0 amide bonds. The molecule has 0 saturated carbocycles. The van der Waals surface area contributed by atoms with E-state index >= 15 is 0 Å². The van der Waals surface area contributed by atoms with Crippen LogP contribution in [0.2, 0.25) is 0 Å². The summed E-state index contributed by atoms with van der Waals surface area (Å²) in [6.45, 7) is 27.5. The predicted molar refractivity (Wildman–Crippen MR) is 247 cm³/mol. The first kappa shape index (κ1) is 34.2. The molecule has 0 unspecified atom stereocenters. The second-order valence-corrected chi connectivity index (χ2v) is 17.4. The number of rotatable bonds is 2. The van der Waals surface area contributed by atoms with Gasteiger partial charge < -0.3 is 13.5 Å². The van der Waals surface area contributed by atoms with Crippen molar-refractivity contribution in [1.29, 1.82) is 0 Å². The lowest BCUT2D eigenvalue weighted by Crippen LogP contribution is -1.98. The summed E-state index contributed by atoms with van der Waals surface area (Å²) in [5, 5.41) is 10.7. The van der Waals surface area contributed by atoms with Gasteiger partial charge in [-0.3, -0.25) is 0 Å². The van der Waals surface area contributed by atoms with Crippen LogP contribution in [0.25, 0.3) is 93.1 Å².